The minimum atomic E-state index is -0.575. The zero-order valence-electron chi connectivity index (χ0n) is 17.3. The molecule has 3 rings (SSSR count). The Kier molecular flexibility index (Phi) is 8.51. The van der Waals surface area contributed by atoms with Gasteiger partial charge in [0.15, 0.2) is 0 Å². The van der Waals surface area contributed by atoms with Gasteiger partial charge in [-0.25, -0.2) is 0 Å². The Morgan fingerprint density at radius 1 is 0.900 bits per heavy atom. The van der Waals surface area contributed by atoms with Crippen LogP contribution in [0.2, 0.25) is 0 Å². The maximum absolute atomic E-state index is 10.1. The summed E-state index contributed by atoms with van der Waals surface area (Å²) in [6.07, 6.45) is 4.34. The highest BCUT2D eigenvalue weighted by atomic mass is 16.5. The highest BCUT2D eigenvalue weighted by molar-refractivity contribution is 5.57. The maximum Gasteiger partial charge on any atom is 0.126 e. The van der Waals surface area contributed by atoms with Crippen LogP contribution >= 0.6 is 0 Å². The molecule has 4 nitrogen and oxygen atoms in total. The van der Waals surface area contributed by atoms with Crippen LogP contribution in [0.5, 0.6) is 11.5 Å². The quantitative estimate of drug-likeness (QED) is 0.468. The van der Waals surface area contributed by atoms with Crippen LogP contribution in [0.1, 0.15) is 16.7 Å². The molecule has 0 aliphatic heterocycles. The molecule has 0 aliphatic rings. The molecule has 0 aliphatic carbocycles. The average molecular weight is 404 g/mol. The van der Waals surface area contributed by atoms with E-state index in [0.717, 1.165) is 23.5 Å². The van der Waals surface area contributed by atoms with Gasteiger partial charge in [-0.2, -0.15) is 0 Å². The molecule has 3 aromatic rings. The molecule has 1 atom stereocenters. The largest absolute Gasteiger partial charge is 0.496 e. The smallest absolute Gasteiger partial charge is 0.126 e. The van der Waals surface area contributed by atoms with Crippen LogP contribution in [0.25, 0.3) is 6.08 Å². The summed E-state index contributed by atoms with van der Waals surface area (Å²) in [4.78, 5) is 0. The number of aliphatic hydroxyl groups excluding tert-OH is 1. The van der Waals surface area contributed by atoms with Gasteiger partial charge < -0.3 is 19.9 Å². The van der Waals surface area contributed by atoms with Crippen molar-refractivity contribution in [1.29, 1.82) is 0 Å². The van der Waals surface area contributed by atoms with Crippen LogP contribution in [-0.4, -0.2) is 38.0 Å². The fourth-order valence-corrected chi connectivity index (χ4v) is 3.11. The molecule has 3 aromatic carbocycles. The first-order valence-electron chi connectivity index (χ1n) is 10.2. The molecule has 0 heterocycles. The molecule has 30 heavy (non-hydrogen) atoms. The van der Waals surface area contributed by atoms with Gasteiger partial charge in [0.05, 0.1) is 7.11 Å². The molecule has 0 radical (unpaired) electrons. The number of hydrogen-bond donors (Lipinski definition) is 2. The molecule has 4 heteroatoms. The summed E-state index contributed by atoms with van der Waals surface area (Å²) in [5.74, 6) is 1.61. The van der Waals surface area contributed by atoms with E-state index in [9.17, 15) is 5.11 Å². The Labute approximate surface area is 178 Å². The Bertz CT molecular complexity index is 907. The van der Waals surface area contributed by atoms with E-state index in [1.165, 1.54) is 11.1 Å². The SMILES string of the molecule is COc1ccccc1C=CCNCC(O)COc1ccc(Cc2ccccc2)cc1. The summed E-state index contributed by atoms with van der Waals surface area (Å²) in [6.45, 7) is 1.37. The first kappa shape index (κ1) is 21.6. The van der Waals surface area contributed by atoms with Crippen molar-refractivity contribution < 1.29 is 14.6 Å². The van der Waals surface area contributed by atoms with Crippen molar-refractivity contribution in [1.82, 2.24) is 5.32 Å². The lowest BCUT2D eigenvalue weighted by molar-refractivity contribution is 0.107. The van der Waals surface area contributed by atoms with E-state index >= 15 is 0 Å². The predicted molar refractivity (Wildman–Crippen MR) is 122 cm³/mol. The number of ether oxygens (including phenoxy) is 2. The molecule has 2 N–H and O–H groups in total. The third kappa shape index (κ3) is 7.07. The van der Waals surface area contributed by atoms with Crippen LogP contribution in [0.4, 0.5) is 0 Å². The lowest BCUT2D eigenvalue weighted by atomic mass is 10.1. The van der Waals surface area contributed by atoms with Crippen LogP contribution < -0.4 is 14.8 Å². The van der Waals surface area contributed by atoms with Gasteiger partial charge in [-0.05, 0) is 35.7 Å². The number of methoxy groups -OCH3 is 1. The molecular formula is C26H29NO3. The fourth-order valence-electron chi connectivity index (χ4n) is 3.11. The number of rotatable bonds is 11. The van der Waals surface area contributed by atoms with Crippen LogP contribution in [-0.2, 0) is 6.42 Å². The zero-order valence-corrected chi connectivity index (χ0v) is 17.3. The highest BCUT2D eigenvalue weighted by Gasteiger charge is 2.05. The highest BCUT2D eigenvalue weighted by Crippen LogP contribution is 2.18. The van der Waals surface area contributed by atoms with E-state index in [1.54, 1.807) is 7.11 Å². The van der Waals surface area contributed by atoms with E-state index < -0.39 is 6.10 Å². The third-order valence-corrected chi connectivity index (χ3v) is 4.70. The van der Waals surface area contributed by atoms with Crippen molar-refractivity contribution in [3.63, 3.8) is 0 Å². The first-order valence-corrected chi connectivity index (χ1v) is 10.2. The molecule has 0 saturated heterocycles. The summed E-state index contributed by atoms with van der Waals surface area (Å²) in [5, 5.41) is 13.3. The summed E-state index contributed by atoms with van der Waals surface area (Å²) in [6, 6.07) is 26.3. The van der Waals surface area contributed by atoms with E-state index in [4.69, 9.17) is 9.47 Å². The molecule has 0 spiro atoms. The number of nitrogens with one attached hydrogen (secondary N) is 1. The van der Waals surface area contributed by atoms with Gasteiger partial charge in [0.25, 0.3) is 0 Å². The van der Waals surface area contributed by atoms with E-state index in [1.807, 2.05) is 54.6 Å². The molecule has 0 amide bonds. The van der Waals surface area contributed by atoms with Gasteiger partial charge in [-0.1, -0.05) is 72.8 Å². The Hall–Kier alpha value is -3.08. The zero-order chi connectivity index (χ0) is 21.0. The van der Waals surface area contributed by atoms with Crippen LogP contribution in [0, 0.1) is 0 Å². The summed E-state index contributed by atoms with van der Waals surface area (Å²) >= 11 is 0. The van der Waals surface area contributed by atoms with Gasteiger partial charge in [0, 0.05) is 18.7 Å². The van der Waals surface area contributed by atoms with Crippen molar-refractivity contribution >= 4 is 6.08 Å². The minimum absolute atomic E-state index is 0.251. The Morgan fingerprint density at radius 2 is 1.60 bits per heavy atom. The molecular weight excluding hydrogens is 374 g/mol. The first-order chi connectivity index (χ1) is 14.7. The molecule has 0 aromatic heterocycles. The standard InChI is InChI=1S/C26H29NO3/c1-29-26-12-6-5-10-23(26)11-7-17-27-19-24(28)20-30-25-15-13-22(14-16-25)18-21-8-3-2-4-9-21/h2-16,24,27-28H,17-20H2,1H3. The number of para-hydroxylation sites is 1. The van der Waals surface area contributed by atoms with Crippen molar-refractivity contribution in [3.05, 3.63) is 102 Å². The summed E-state index contributed by atoms with van der Waals surface area (Å²) < 4.78 is 11.0. The molecule has 0 bridgehead atoms. The lowest BCUT2D eigenvalue weighted by Crippen LogP contribution is -2.31. The molecule has 1 unspecified atom stereocenters. The Balaban J connectivity index is 1.35. The summed E-state index contributed by atoms with van der Waals surface area (Å²) in [7, 11) is 1.66. The maximum atomic E-state index is 10.1. The Morgan fingerprint density at radius 3 is 2.37 bits per heavy atom. The van der Waals surface area contributed by atoms with Crippen molar-refractivity contribution in [2.24, 2.45) is 0 Å². The molecule has 156 valence electrons. The van der Waals surface area contributed by atoms with E-state index in [-0.39, 0.29) is 6.61 Å². The normalized spacial score (nSPS) is 12.1. The van der Waals surface area contributed by atoms with Crippen molar-refractivity contribution in [2.75, 3.05) is 26.8 Å². The number of aliphatic hydroxyl groups is 1. The predicted octanol–water partition coefficient (Wildman–Crippen LogP) is 4.33. The van der Waals surface area contributed by atoms with E-state index in [0.29, 0.717) is 13.1 Å². The monoisotopic (exact) mass is 403 g/mol. The van der Waals surface area contributed by atoms with E-state index in [2.05, 4.69) is 41.7 Å². The topological polar surface area (TPSA) is 50.7 Å². The molecule has 0 saturated carbocycles. The fraction of sp³-hybridized carbons (Fsp3) is 0.231. The van der Waals surface area contributed by atoms with Gasteiger partial charge >= 0.3 is 0 Å². The molecule has 0 fully saturated rings. The van der Waals surface area contributed by atoms with Gasteiger partial charge in [-0.3, -0.25) is 0 Å². The van der Waals surface area contributed by atoms with Crippen LogP contribution in [0.3, 0.4) is 0 Å². The van der Waals surface area contributed by atoms with Crippen molar-refractivity contribution in [2.45, 2.75) is 12.5 Å². The van der Waals surface area contributed by atoms with Crippen molar-refractivity contribution in [3.8, 4) is 11.5 Å². The second kappa shape index (κ2) is 11.8. The number of benzene rings is 3. The second-order valence-electron chi connectivity index (χ2n) is 7.07. The second-order valence-corrected chi connectivity index (χ2v) is 7.07. The van der Waals surface area contributed by atoms with Gasteiger partial charge in [-0.15, -0.1) is 0 Å². The average Bonchev–Trinajstić information content (AvgIpc) is 2.79. The lowest BCUT2D eigenvalue weighted by Gasteiger charge is -2.13. The number of hydrogen-bond acceptors (Lipinski definition) is 4. The summed E-state index contributed by atoms with van der Waals surface area (Å²) in [5.41, 5.74) is 3.55. The van der Waals surface area contributed by atoms with Crippen LogP contribution in [0.15, 0.2) is 84.9 Å². The van der Waals surface area contributed by atoms with Gasteiger partial charge in [0.1, 0.15) is 24.2 Å². The van der Waals surface area contributed by atoms with Gasteiger partial charge in [0.2, 0.25) is 0 Å². The third-order valence-electron chi connectivity index (χ3n) is 4.70. The minimum Gasteiger partial charge on any atom is -0.496 e.